The van der Waals surface area contributed by atoms with Gasteiger partial charge in [-0.25, -0.2) is 23.4 Å². The van der Waals surface area contributed by atoms with Crippen LogP contribution in [-0.2, 0) is 10.0 Å². The molecule has 2 aromatic heterocycles. The standard InChI is InChI=1S/C18H19ClN6O2S/c1-14-15(19)3-2-4-16(14)28(26,27)25-9-7-23(8-10-25)17-11-18(22-12-21-17)24-6-5-20-13-24/h2-6,11-13H,7-10H2,1H3. The number of hydrogen-bond acceptors (Lipinski definition) is 6. The lowest BCUT2D eigenvalue weighted by atomic mass is 10.2. The van der Waals surface area contributed by atoms with Gasteiger partial charge in [0.25, 0.3) is 0 Å². The maximum atomic E-state index is 13.0. The third-order valence-corrected chi connectivity index (χ3v) is 7.26. The van der Waals surface area contributed by atoms with Crippen molar-refractivity contribution in [3.05, 3.63) is 59.9 Å². The van der Waals surface area contributed by atoms with Crippen LogP contribution in [0.25, 0.3) is 5.82 Å². The van der Waals surface area contributed by atoms with E-state index in [-0.39, 0.29) is 4.90 Å². The molecule has 1 saturated heterocycles. The molecular formula is C18H19ClN6O2S. The van der Waals surface area contributed by atoms with Gasteiger partial charge in [-0.05, 0) is 24.6 Å². The van der Waals surface area contributed by atoms with E-state index in [0.717, 1.165) is 5.82 Å². The van der Waals surface area contributed by atoms with Crippen molar-refractivity contribution >= 4 is 27.4 Å². The van der Waals surface area contributed by atoms with E-state index in [4.69, 9.17) is 11.6 Å². The Hall–Kier alpha value is -2.49. The molecule has 1 aromatic carbocycles. The van der Waals surface area contributed by atoms with Gasteiger partial charge in [-0.3, -0.25) is 4.57 Å². The van der Waals surface area contributed by atoms with Gasteiger partial charge in [0.1, 0.15) is 24.3 Å². The summed E-state index contributed by atoms with van der Waals surface area (Å²) in [7, 11) is -3.59. The van der Waals surface area contributed by atoms with Crippen molar-refractivity contribution in [2.45, 2.75) is 11.8 Å². The van der Waals surface area contributed by atoms with Crippen LogP contribution in [-0.4, -0.2) is 58.4 Å². The van der Waals surface area contributed by atoms with Gasteiger partial charge in [0.15, 0.2) is 0 Å². The Morgan fingerprint density at radius 3 is 2.54 bits per heavy atom. The summed E-state index contributed by atoms with van der Waals surface area (Å²) in [5.74, 6) is 1.47. The van der Waals surface area contributed by atoms with Gasteiger partial charge in [-0.15, -0.1) is 0 Å². The molecule has 0 amide bonds. The van der Waals surface area contributed by atoms with E-state index in [0.29, 0.717) is 42.6 Å². The minimum absolute atomic E-state index is 0.262. The fourth-order valence-corrected chi connectivity index (χ4v) is 5.11. The first-order valence-electron chi connectivity index (χ1n) is 8.77. The third-order valence-electron chi connectivity index (χ3n) is 4.81. The van der Waals surface area contributed by atoms with Gasteiger partial charge in [-0.1, -0.05) is 17.7 Å². The number of hydrogen-bond donors (Lipinski definition) is 0. The summed E-state index contributed by atoms with van der Waals surface area (Å²) in [6.07, 6.45) is 6.67. The van der Waals surface area contributed by atoms with Crippen molar-refractivity contribution < 1.29 is 8.42 Å². The highest BCUT2D eigenvalue weighted by Crippen LogP contribution is 2.27. The quantitative estimate of drug-likeness (QED) is 0.645. The summed E-state index contributed by atoms with van der Waals surface area (Å²) in [4.78, 5) is 14.9. The second kappa shape index (κ2) is 7.50. The molecule has 0 radical (unpaired) electrons. The fourth-order valence-electron chi connectivity index (χ4n) is 3.21. The van der Waals surface area contributed by atoms with Crippen LogP contribution in [0.5, 0.6) is 0 Å². The Balaban J connectivity index is 1.51. The predicted octanol–water partition coefficient (Wildman–Crippen LogP) is 2.14. The highest BCUT2D eigenvalue weighted by Gasteiger charge is 2.30. The van der Waals surface area contributed by atoms with Crippen LogP contribution in [0.2, 0.25) is 5.02 Å². The lowest BCUT2D eigenvalue weighted by Crippen LogP contribution is -2.49. The largest absolute Gasteiger partial charge is 0.354 e. The van der Waals surface area contributed by atoms with Gasteiger partial charge in [-0.2, -0.15) is 4.31 Å². The van der Waals surface area contributed by atoms with Gasteiger partial charge in [0.05, 0.1) is 4.90 Å². The molecule has 3 heterocycles. The van der Waals surface area contributed by atoms with Gasteiger partial charge in [0, 0.05) is 49.7 Å². The number of nitrogens with zero attached hydrogens (tertiary/aromatic N) is 6. The smallest absolute Gasteiger partial charge is 0.243 e. The molecule has 1 aliphatic heterocycles. The SMILES string of the molecule is Cc1c(Cl)cccc1S(=O)(=O)N1CCN(c2cc(-n3ccnc3)ncn2)CC1. The third kappa shape index (κ3) is 3.48. The molecule has 0 bridgehead atoms. The van der Waals surface area contributed by atoms with E-state index in [2.05, 4.69) is 19.9 Å². The lowest BCUT2D eigenvalue weighted by molar-refractivity contribution is 0.383. The van der Waals surface area contributed by atoms with Crippen molar-refractivity contribution in [1.29, 1.82) is 0 Å². The molecule has 146 valence electrons. The number of anilines is 1. The molecule has 0 spiro atoms. The summed E-state index contributed by atoms with van der Waals surface area (Å²) < 4.78 is 29.4. The number of rotatable bonds is 4. The Morgan fingerprint density at radius 1 is 1.07 bits per heavy atom. The zero-order chi connectivity index (χ0) is 19.7. The number of benzene rings is 1. The Kier molecular flexibility index (Phi) is 5.05. The van der Waals surface area contributed by atoms with E-state index >= 15 is 0 Å². The van der Waals surface area contributed by atoms with Crippen LogP contribution in [0.15, 0.2) is 54.2 Å². The minimum Gasteiger partial charge on any atom is -0.354 e. The fraction of sp³-hybridized carbons (Fsp3) is 0.278. The van der Waals surface area contributed by atoms with Crippen molar-refractivity contribution in [3.63, 3.8) is 0 Å². The lowest BCUT2D eigenvalue weighted by Gasteiger charge is -2.35. The predicted molar refractivity (Wildman–Crippen MR) is 106 cm³/mol. The summed E-state index contributed by atoms with van der Waals surface area (Å²) in [5.41, 5.74) is 0.576. The number of halogens is 1. The molecule has 0 aliphatic carbocycles. The molecule has 1 aliphatic rings. The van der Waals surface area contributed by atoms with Crippen LogP contribution in [0, 0.1) is 6.92 Å². The van der Waals surface area contributed by atoms with Crippen LogP contribution >= 0.6 is 11.6 Å². The van der Waals surface area contributed by atoms with E-state index in [1.54, 1.807) is 42.2 Å². The molecule has 0 N–H and O–H groups in total. The monoisotopic (exact) mass is 418 g/mol. The van der Waals surface area contributed by atoms with Crippen molar-refractivity contribution in [2.75, 3.05) is 31.1 Å². The van der Waals surface area contributed by atoms with Crippen molar-refractivity contribution in [3.8, 4) is 5.82 Å². The van der Waals surface area contributed by atoms with Crippen molar-refractivity contribution in [1.82, 2.24) is 23.8 Å². The number of sulfonamides is 1. The van der Waals surface area contributed by atoms with Crippen molar-refractivity contribution in [2.24, 2.45) is 0 Å². The summed E-state index contributed by atoms with van der Waals surface area (Å²) in [6.45, 7) is 3.56. The van der Waals surface area contributed by atoms with E-state index in [1.165, 1.54) is 10.6 Å². The second-order valence-electron chi connectivity index (χ2n) is 6.46. The first-order valence-corrected chi connectivity index (χ1v) is 10.6. The van der Waals surface area contributed by atoms with Gasteiger partial charge >= 0.3 is 0 Å². The van der Waals surface area contributed by atoms with Gasteiger partial charge < -0.3 is 4.90 Å². The number of aromatic nitrogens is 4. The first kappa shape index (κ1) is 18.9. The van der Waals surface area contributed by atoms with E-state index < -0.39 is 10.0 Å². The molecule has 4 rings (SSSR count). The average molecular weight is 419 g/mol. The summed E-state index contributed by atoms with van der Waals surface area (Å²) >= 11 is 6.11. The Bertz CT molecular complexity index is 1080. The Labute approximate surface area is 168 Å². The molecule has 10 heteroatoms. The van der Waals surface area contributed by atoms with Crippen LogP contribution in [0.4, 0.5) is 5.82 Å². The van der Waals surface area contributed by atoms with E-state index in [9.17, 15) is 8.42 Å². The maximum absolute atomic E-state index is 13.0. The molecule has 1 fully saturated rings. The van der Waals surface area contributed by atoms with E-state index in [1.807, 2.05) is 12.3 Å². The summed E-state index contributed by atoms with van der Waals surface area (Å²) in [6, 6.07) is 6.83. The number of piperazine rings is 1. The zero-order valence-corrected chi connectivity index (χ0v) is 16.8. The van der Waals surface area contributed by atoms with Crippen LogP contribution < -0.4 is 4.90 Å². The van der Waals surface area contributed by atoms with Gasteiger partial charge in [0.2, 0.25) is 10.0 Å². The molecule has 8 nitrogen and oxygen atoms in total. The molecule has 0 unspecified atom stereocenters. The highest BCUT2D eigenvalue weighted by molar-refractivity contribution is 7.89. The maximum Gasteiger partial charge on any atom is 0.243 e. The molecule has 28 heavy (non-hydrogen) atoms. The minimum atomic E-state index is -3.59. The Morgan fingerprint density at radius 2 is 1.82 bits per heavy atom. The normalized spacial score (nSPS) is 15.7. The molecular weight excluding hydrogens is 400 g/mol. The zero-order valence-electron chi connectivity index (χ0n) is 15.2. The highest BCUT2D eigenvalue weighted by atomic mass is 35.5. The molecule has 0 atom stereocenters. The topological polar surface area (TPSA) is 84.2 Å². The number of imidazole rings is 1. The molecule has 0 saturated carbocycles. The summed E-state index contributed by atoms with van der Waals surface area (Å²) in [5, 5.41) is 0.452. The van der Waals surface area contributed by atoms with Crippen LogP contribution in [0.3, 0.4) is 0 Å². The first-order chi connectivity index (χ1) is 13.5. The average Bonchev–Trinajstić information content (AvgIpc) is 3.25. The van der Waals surface area contributed by atoms with Crippen LogP contribution in [0.1, 0.15) is 5.56 Å². The second-order valence-corrected chi connectivity index (χ2v) is 8.77. The molecule has 3 aromatic rings.